The lowest BCUT2D eigenvalue weighted by atomic mass is 10.1. The third kappa shape index (κ3) is 4.88. The van der Waals surface area contributed by atoms with Crippen LogP contribution in [0.3, 0.4) is 0 Å². The summed E-state index contributed by atoms with van der Waals surface area (Å²) in [7, 11) is 0. The predicted octanol–water partition coefficient (Wildman–Crippen LogP) is 12.8. The minimum atomic E-state index is 1.03. The molecule has 3 aromatic heterocycles. The van der Waals surface area contributed by atoms with Crippen molar-refractivity contribution in [2.75, 3.05) is 4.90 Å². The van der Waals surface area contributed by atoms with Crippen molar-refractivity contribution < 1.29 is 0 Å². The molecule has 4 nitrogen and oxygen atoms in total. The van der Waals surface area contributed by atoms with Crippen molar-refractivity contribution in [3.05, 3.63) is 170 Å². The van der Waals surface area contributed by atoms with E-state index in [1.807, 2.05) is 12.1 Å². The molecule has 7 aromatic carbocycles. The van der Waals surface area contributed by atoms with E-state index in [-0.39, 0.29) is 0 Å². The smallest absolute Gasteiger partial charge is 0.124 e. The Hall–Kier alpha value is -6.08. The van der Waals surface area contributed by atoms with Crippen LogP contribution >= 0.6 is 22.7 Å². The first-order valence-corrected chi connectivity index (χ1v) is 18.2. The Morgan fingerprint density at radius 2 is 0.940 bits per heavy atom. The van der Waals surface area contributed by atoms with Crippen LogP contribution in [0.25, 0.3) is 69.1 Å². The summed E-state index contributed by atoms with van der Waals surface area (Å²) in [5.41, 5.74) is 11.1. The molecular weight excluding hydrogens is 649 g/mol. The van der Waals surface area contributed by atoms with Gasteiger partial charge in [0.1, 0.15) is 10.0 Å². The van der Waals surface area contributed by atoms with Gasteiger partial charge in [0.2, 0.25) is 0 Å². The molecular formula is C44H28N4S2. The number of anilines is 3. The zero-order valence-corrected chi connectivity index (χ0v) is 28.4. The summed E-state index contributed by atoms with van der Waals surface area (Å²) < 4.78 is 4.78. The van der Waals surface area contributed by atoms with Crippen LogP contribution in [0.4, 0.5) is 17.1 Å². The molecule has 0 N–H and O–H groups in total. The van der Waals surface area contributed by atoms with Crippen LogP contribution in [-0.4, -0.2) is 14.5 Å². The number of aromatic nitrogens is 3. The van der Waals surface area contributed by atoms with E-state index in [9.17, 15) is 0 Å². The SMILES string of the molecule is c1ccc(N(c2ccc(-c3nc4ccccc4s3)cc2)c2ccc(-n3c4ccccc4c4cc(-c5nc6ccccc6s5)ccc43)cc2)cc1. The van der Waals surface area contributed by atoms with E-state index in [1.54, 1.807) is 22.7 Å². The van der Waals surface area contributed by atoms with Gasteiger partial charge in [0.05, 0.1) is 31.5 Å². The molecule has 0 saturated carbocycles. The fourth-order valence-electron chi connectivity index (χ4n) is 6.90. The van der Waals surface area contributed by atoms with Gasteiger partial charge in [-0.05, 0) is 109 Å². The maximum atomic E-state index is 4.94. The van der Waals surface area contributed by atoms with Crippen LogP contribution in [0, 0.1) is 0 Å². The van der Waals surface area contributed by atoms with Gasteiger partial charge in [-0.3, -0.25) is 0 Å². The zero-order chi connectivity index (χ0) is 33.0. The third-order valence-electron chi connectivity index (χ3n) is 9.26. The molecule has 0 aliphatic heterocycles. The molecule has 0 aliphatic rings. The average molecular weight is 677 g/mol. The molecule has 0 aliphatic carbocycles. The summed E-state index contributed by atoms with van der Waals surface area (Å²) >= 11 is 3.47. The van der Waals surface area contributed by atoms with Crippen molar-refractivity contribution in [1.29, 1.82) is 0 Å². The zero-order valence-electron chi connectivity index (χ0n) is 26.8. The van der Waals surface area contributed by atoms with E-state index < -0.39 is 0 Å². The normalized spacial score (nSPS) is 11.6. The number of rotatable bonds is 6. The lowest BCUT2D eigenvalue weighted by molar-refractivity contribution is 1.17. The Morgan fingerprint density at radius 1 is 0.420 bits per heavy atom. The van der Waals surface area contributed by atoms with Crippen molar-refractivity contribution in [2.45, 2.75) is 0 Å². The van der Waals surface area contributed by atoms with E-state index >= 15 is 0 Å². The molecule has 3 heterocycles. The van der Waals surface area contributed by atoms with Crippen LogP contribution < -0.4 is 4.90 Å². The maximum Gasteiger partial charge on any atom is 0.124 e. The van der Waals surface area contributed by atoms with Crippen molar-refractivity contribution in [2.24, 2.45) is 0 Å². The fourth-order valence-corrected chi connectivity index (χ4v) is 8.84. The van der Waals surface area contributed by atoms with Gasteiger partial charge >= 0.3 is 0 Å². The molecule has 0 spiro atoms. The number of nitrogens with zero attached hydrogens (tertiary/aromatic N) is 4. The number of hydrogen-bond donors (Lipinski definition) is 0. The molecule has 236 valence electrons. The largest absolute Gasteiger partial charge is 0.311 e. The van der Waals surface area contributed by atoms with Gasteiger partial charge in [0, 0.05) is 44.6 Å². The maximum absolute atomic E-state index is 4.94. The van der Waals surface area contributed by atoms with Gasteiger partial charge in [-0.25, -0.2) is 9.97 Å². The van der Waals surface area contributed by atoms with Crippen LogP contribution in [0.2, 0.25) is 0 Å². The number of benzene rings is 7. The Labute approximate surface area is 296 Å². The molecule has 10 aromatic rings. The Bertz CT molecular complexity index is 2750. The highest BCUT2D eigenvalue weighted by Gasteiger charge is 2.17. The second-order valence-corrected chi connectivity index (χ2v) is 14.4. The van der Waals surface area contributed by atoms with Gasteiger partial charge in [0.15, 0.2) is 0 Å². The van der Waals surface area contributed by atoms with E-state index in [1.165, 1.54) is 31.2 Å². The number of thiazole rings is 2. The standard InChI is InChI=1S/C44H28N4S2/c1-2-10-31(11-3-1)47(32-21-18-29(19-22-32)43-45-37-13-5-8-16-41(37)49-43)33-23-25-34(26-24-33)48-39-15-7-4-12-35(39)36-28-30(20-27-40(36)48)44-46-38-14-6-9-17-42(38)50-44/h1-28H. The lowest BCUT2D eigenvalue weighted by Gasteiger charge is -2.26. The van der Waals surface area contributed by atoms with Gasteiger partial charge < -0.3 is 9.47 Å². The van der Waals surface area contributed by atoms with Crippen molar-refractivity contribution >= 4 is 82.0 Å². The minimum absolute atomic E-state index is 1.03. The second-order valence-electron chi connectivity index (χ2n) is 12.3. The monoisotopic (exact) mass is 676 g/mol. The first-order chi connectivity index (χ1) is 24.8. The van der Waals surface area contributed by atoms with Crippen LogP contribution in [0.5, 0.6) is 0 Å². The lowest BCUT2D eigenvalue weighted by Crippen LogP contribution is -2.10. The van der Waals surface area contributed by atoms with E-state index in [4.69, 9.17) is 9.97 Å². The molecule has 0 bridgehead atoms. The Kier molecular flexibility index (Phi) is 6.82. The van der Waals surface area contributed by atoms with E-state index in [2.05, 4.69) is 167 Å². The molecule has 0 radical (unpaired) electrons. The predicted molar refractivity (Wildman–Crippen MR) is 213 cm³/mol. The molecule has 6 heteroatoms. The van der Waals surface area contributed by atoms with E-state index in [0.29, 0.717) is 0 Å². The Balaban J connectivity index is 1.04. The number of para-hydroxylation sites is 4. The third-order valence-corrected chi connectivity index (χ3v) is 11.4. The first-order valence-electron chi connectivity index (χ1n) is 16.6. The molecule has 0 amide bonds. The van der Waals surface area contributed by atoms with Crippen LogP contribution in [-0.2, 0) is 0 Å². The van der Waals surface area contributed by atoms with Gasteiger partial charge in [-0.1, -0.05) is 60.7 Å². The molecule has 50 heavy (non-hydrogen) atoms. The molecule has 10 rings (SSSR count). The molecule has 0 saturated heterocycles. The van der Waals surface area contributed by atoms with E-state index in [0.717, 1.165) is 54.9 Å². The summed E-state index contributed by atoms with van der Waals surface area (Å²) in [4.78, 5) is 12.1. The first kappa shape index (κ1) is 28.9. The highest BCUT2D eigenvalue weighted by Crippen LogP contribution is 2.40. The molecule has 0 atom stereocenters. The highest BCUT2D eigenvalue weighted by molar-refractivity contribution is 7.22. The highest BCUT2D eigenvalue weighted by atomic mass is 32.1. The fraction of sp³-hybridized carbons (Fsp3) is 0. The summed E-state index contributed by atoms with van der Waals surface area (Å²) in [6.07, 6.45) is 0. The van der Waals surface area contributed by atoms with Crippen molar-refractivity contribution in [1.82, 2.24) is 14.5 Å². The Morgan fingerprint density at radius 3 is 1.62 bits per heavy atom. The van der Waals surface area contributed by atoms with Gasteiger partial charge in [0.25, 0.3) is 0 Å². The van der Waals surface area contributed by atoms with Crippen LogP contribution in [0.15, 0.2) is 170 Å². The summed E-state index contributed by atoms with van der Waals surface area (Å²) in [6.45, 7) is 0. The quantitative estimate of drug-likeness (QED) is 0.176. The second kappa shape index (κ2) is 11.8. The van der Waals surface area contributed by atoms with Gasteiger partial charge in [-0.15, -0.1) is 22.7 Å². The molecule has 0 fully saturated rings. The topological polar surface area (TPSA) is 34.0 Å². The summed E-state index contributed by atoms with van der Waals surface area (Å²) in [5, 5.41) is 4.53. The summed E-state index contributed by atoms with van der Waals surface area (Å²) in [5.74, 6) is 0. The number of hydrogen-bond acceptors (Lipinski definition) is 5. The summed E-state index contributed by atoms with van der Waals surface area (Å²) in [6, 6.07) is 60.3. The minimum Gasteiger partial charge on any atom is -0.311 e. The average Bonchev–Trinajstić information content (AvgIpc) is 3.90. The van der Waals surface area contributed by atoms with Crippen LogP contribution in [0.1, 0.15) is 0 Å². The van der Waals surface area contributed by atoms with Gasteiger partial charge in [-0.2, -0.15) is 0 Å². The number of fused-ring (bicyclic) bond motifs is 5. The van der Waals surface area contributed by atoms with Crippen molar-refractivity contribution in [3.8, 4) is 26.8 Å². The molecule has 0 unspecified atom stereocenters. The van der Waals surface area contributed by atoms with Crippen molar-refractivity contribution in [3.63, 3.8) is 0 Å².